The van der Waals surface area contributed by atoms with E-state index in [1.807, 2.05) is 0 Å². The van der Waals surface area contributed by atoms with Crippen LogP contribution in [0.15, 0.2) is 11.4 Å². The van der Waals surface area contributed by atoms with Crippen molar-refractivity contribution in [2.24, 2.45) is 0 Å². The van der Waals surface area contributed by atoms with Crippen LogP contribution in [-0.4, -0.2) is 17.4 Å². The summed E-state index contributed by atoms with van der Waals surface area (Å²) in [5.74, 6) is -0.842. The summed E-state index contributed by atoms with van der Waals surface area (Å²) in [7, 11) is 0. The lowest BCUT2D eigenvalue weighted by Crippen LogP contribution is -1.98. The molecule has 0 fully saturated rings. The topological polar surface area (TPSA) is 54.4 Å². The van der Waals surface area contributed by atoms with Gasteiger partial charge in [-0.3, -0.25) is 4.79 Å². The Labute approximate surface area is 73.6 Å². The third-order valence-electron chi connectivity index (χ3n) is 1.35. The van der Waals surface area contributed by atoms with Crippen molar-refractivity contribution in [3.63, 3.8) is 0 Å². The lowest BCUT2D eigenvalue weighted by atomic mass is 10.2. The van der Waals surface area contributed by atoms with Crippen molar-refractivity contribution < 1.29 is 14.7 Å². The van der Waals surface area contributed by atoms with Crippen LogP contribution >= 0.6 is 11.3 Å². The first-order valence-electron chi connectivity index (χ1n) is 3.44. The molecule has 0 atom stereocenters. The molecule has 1 aromatic heterocycles. The van der Waals surface area contributed by atoms with Gasteiger partial charge in [0.25, 0.3) is 0 Å². The lowest BCUT2D eigenvalue weighted by molar-refractivity contribution is -0.136. The zero-order valence-corrected chi connectivity index (χ0v) is 7.13. The minimum absolute atomic E-state index is 0.0371. The average molecular weight is 184 g/mol. The van der Waals surface area contributed by atoms with Crippen LogP contribution in [0.5, 0.6) is 0 Å². The molecule has 1 heterocycles. The van der Waals surface area contributed by atoms with Gasteiger partial charge in [0.2, 0.25) is 0 Å². The minimum Gasteiger partial charge on any atom is -0.481 e. The molecule has 0 spiro atoms. The van der Waals surface area contributed by atoms with E-state index in [-0.39, 0.29) is 6.42 Å². The molecule has 0 bridgehead atoms. The smallest absolute Gasteiger partial charge is 0.307 e. The number of carboxylic acid groups (broad SMARTS) is 1. The highest BCUT2D eigenvalue weighted by Gasteiger charge is 2.03. The molecule has 0 radical (unpaired) electrons. The van der Waals surface area contributed by atoms with Crippen molar-refractivity contribution in [2.75, 3.05) is 0 Å². The third kappa shape index (κ3) is 2.47. The standard InChI is InChI=1S/C8H8O3S/c9-2-1-7-3-6(5-12-7)4-8(10)11/h2-3,5H,1,4H2,(H,10,11). The number of rotatable bonds is 4. The monoisotopic (exact) mass is 184 g/mol. The summed E-state index contributed by atoms with van der Waals surface area (Å²) >= 11 is 1.42. The Balaban J connectivity index is 2.63. The Bertz CT molecular complexity index is 290. The predicted molar refractivity (Wildman–Crippen MR) is 45.4 cm³/mol. The highest BCUT2D eigenvalue weighted by molar-refractivity contribution is 7.10. The molecular formula is C8H8O3S. The van der Waals surface area contributed by atoms with E-state index in [0.29, 0.717) is 6.42 Å². The molecule has 1 aromatic rings. The fraction of sp³-hybridized carbons (Fsp3) is 0.250. The number of aliphatic carboxylic acids is 1. The van der Waals surface area contributed by atoms with E-state index in [9.17, 15) is 9.59 Å². The summed E-state index contributed by atoms with van der Waals surface area (Å²) in [6.07, 6.45) is 1.23. The van der Waals surface area contributed by atoms with Crippen LogP contribution in [0.25, 0.3) is 0 Å². The fourth-order valence-electron chi connectivity index (χ4n) is 0.883. The largest absolute Gasteiger partial charge is 0.481 e. The Morgan fingerprint density at radius 2 is 2.42 bits per heavy atom. The number of hydrogen-bond acceptors (Lipinski definition) is 3. The first kappa shape index (κ1) is 8.93. The predicted octanol–water partition coefficient (Wildman–Crippen LogP) is 1.12. The molecule has 64 valence electrons. The summed E-state index contributed by atoms with van der Waals surface area (Å²) in [6.45, 7) is 0. The van der Waals surface area contributed by atoms with Crippen LogP contribution in [0.4, 0.5) is 0 Å². The minimum atomic E-state index is -0.842. The van der Waals surface area contributed by atoms with E-state index in [0.717, 1.165) is 16.7 Å². The van der Waals surface area contributed by atoms with Crippen molar-refractivity contribution in [1.29, 1.82) is 0 Å². The van der Waals surface area contributed by atoms with Crippen LogP contribution in [0.2, 0.25) is 0 Å². The molecule has 0 aliphatic rings. The Morgan fingerprint density at radius 3 is 3.00 bits per heavy atom. The van der Waals surface area contributed by atoms with E-state index in [1.165, 1.54) is 11.3 Å². The van der Waals surface area contributed by atoms with Crippen LogP contribution in [0, 0.1) is 0 Å². The first-order valence-corrected chi connectivity index (χ1v) is 4.32. The van der Waals surface area contributed by atoms with Crippen LogP contribution in [0.1, 0.15) is 10.4 Å². The van der Waals surface area contributed by atoms with Gasteiger partial charge in [-0.1, -0.05) is 0 Å². The van der Waals surface area contributed by atoms with Gasteiger partial charge in [0, 0.05) is 11.3 Å². The van der Waals surface area contributed by atoms with E-state index < -0.39 is 5.97 Å². The summed E-state index contributed by atoms with van der Waals surface area (Å²) < 4.78 is 0. The van der Waals surface area contributed by atoms with E-state index in [4.69, 9.17) is 5.11 Å². The molecule has 12 heavy (non-hydrogen) atoms. The Hall–Kier alpha value is -1.16. The quantitative estimate of drug-likeness (QED) is 0.713. The SMILES string of the molecule is O=CCc1cc(CC(=O)O)cs1. The summed E-state index contributed by atoms with van der Waals surface area (Å²) in [5.41, 5.74) is 0.768. The van der Waals surface area contributed by atoms with Crippen LogP contribution in [0.3, 0.4) is 0 Å². The van der Waals surface area contributed by atoms with Gasteiger partial charge in [0.15, 0.2) is 0 Å². The normalized spacial score (nSPS) is 9.67. The molecule has 0 aliphatic heterocycles. The molecular weight excluding hydrogens is 176 g/mol. The Morgan fingerprint density at radius 1 is 1.67 bits per heavy atom. The fourth-order valence-corrected chi connectivity index (χ4v) is 1.72. The molecule has 1 N–H and O–H groups in total. The number of carboxylic acids is 1. The van der Waals surface area contributed by atoms with Crippen molar-refractivity contribution in [2.45, 2.75) is 12.8 Å². The number of hydrogen-bond donors (Lipinski definition) is 1. The maximum Gasteiger partial charge on any atom is 0.307 e. The third-order valence-corrected chi connectivity index (χ3v) is 2.36. The van der Waals surface area contributed by atoms with E-state index in [2.05, 4.69) is 0 Å². The lowest BCUT2D eigenvalue weighted by Gasteiger charge is -1.87. The zero-order valence-electron chi connectivity index (χ0n) is 6.32. The zero-order chi connectivity index (χ0) is 8.97. The van der Waals surface area contributed by atoms with Crippen LogP contribution in [-0.2, 0) is 22.4 Å². The van der Waals surface area contributed by atoms with Gasteiger partial charge in [-0.15, -0.1) is 11.3 Å². The van der Waals surface area contributed by atoms with Gasteiger partial charge in [0.05, 0.1) is 6.42 Å². The van der Waals surface area contributed by atoms with Gasteiger partial charge < -0.3 is 9.90 Å². The van der Waals surface area contributed by atoms with Crippen molar-refractivity contribution >= 4 is 23.6 Å². The number of aldehydes is 1. The molecule has 0 saturated carbocycles. The number of carbonyl (C=O) groups is 2. The molecule has 3 nitrogen and oxygen atoms in total. The van der Waals surface area contributed by atoms with Crippen molar-refractivity contribution in [3.8, 4) is 0 Å². The second-order valence-electron chi connectivity index (χ2n) is 2.36. The van der Waals surface area contributed by atoms with Gasteiger partial charge in [0.1, 0.15) is 6.29 Å². The maximum atomic E-state index is 10.3. The van der Waals surface area contributed by atoms with Gasteiger partial charge in [-0.2, -0.15) is 0 Å². The average Bonchev–Trinajstić information content (AvgIpc) is 2.36. The van der Waals surface area contributed by atoms with Crippen LogP contribution < -0.4 is 0 Å². The van der Waals surface area contributed by atoms with Gasteiger partial charge >= 0.3 is 5.97 Å². The second kappa shape index (κ2) is 4.01. The van der Waals surface area contributed by atoms with Crippen molar-refractivity contribution in [3.05, 3.63) is 21.9 Å². The number of carbonyl (C=O) groups excluding carboxylic acids is 1. The Kier molecular flexibility index (Phi) is 2.99. The van der Waals surface area contributed by atoms with Crippen molar-refractivity contribution in [1.82, 2.24) is 0 Å². The molecule has 4 heteroatoms. The molecule has 0 aromatic carbocycles. The van der Waals surface area contributed by atoms with E-state index in [1.54, 1.807) is 11.4 Å². The summed E-state index contributed by atoms with van der Waals surface area (Å²) in [5, 5.41) is 10.2. The maximum absolute atomic E-state index is 10.3. The molecule has 0 saturated heterocycles. The molecule has 0 unspecified atom stereocenters. The first-order chi connectivity index (χ1) is 5.72. The number of thiophene rings is 1. The molecule has 1 rings (SSSR count). The second-order valence-corrected chi connectivity index (χ2v) is 3.36. The molecule has 0 aliphatic carbocycles. The highest BCUT2D eigenvalue weighted by atomic mass is 32.1. The van der Waals surface area contributed by atoms with E-state index >= 15 is 0 Å². The van der Waals surface area contributed by atoms with Gasteiger partial charge in [-0.05, 0) is 17.0 Å². The van der Waals surface area contributed by atoms with Gasteiger partial charge in [-0.25, -0.2) is 0 Å². The highest BCUT2D eigenvalue weighted by Crippen LogP contribution is 2.14. The summed E-state index contributed by atoms with van der Waals surface area (Å²) in [4.78, 5) is 21.3. The molecule has 0 amide bonds. The summed E-state index contributed by atoms with van der Waals surface area (Å²) in [6, 6.07) is 1.76.